The summed E-state index contributed by atoms with van der Waals surface area (Å²) in [5, 5.41) is 0.216. The van der Waals surface area contributed by atoms with E-state index in [1.54, 1.807) is 6.92 Å². The van der Waals surface area contributed by atoms with Crippen molar-refractivity contribution >= 4 is 23.3 Å². The Labute approximate surface area is 160 Å². The number of halogens is 2. The maximum atomic E-state index is 13.7. The number of pyridine rings is 1. The number of nitrogens with two attached hydrogens (primary N) is 1. The van der Waals surface area contributed by atoms with Crippen LogP contribution in [0.3, 0.4) is 0 Å². The number of rotatable bonds is 2. The highest BCUT2D eigenvalue weighted by molar-refractivity contribution is 6.32. The van der Waals surface area contributed by atoms with Gasteiger partial charge < -0.3 is 5.73 Å². The summed E-state index contributed by atoms with van der Waals surface area (Å²) in [6.45, 7) is 1.77. The molecule has 0 bridgehead atoms. The van der Waals surface area contributed by atoms with Crippen LogP contribution in [0.4, 0.5) is 10.3 Å². The van der Waals surface area contributed by atoms with Crippen molar-refractivity contribution in [1.82, 2.24) is 15.0 Å². The molecule has 0 fully saturated rings. The molecule has 0 radical (unpaired) electrons. The van der Waals surface area contributed by atoms with Crippen LogP contribution < -0.4 is 5.73 Å². The Bertz CT molecular complexity index is 1070. The van der Waals surface area contributed by atoms with Gasteiger partial charge in [-0.15, -0.1) is 0 Å². The van der Waals surface area contributed by atoms with Gasteiger partial charge in [-0.1, -0.05) is 35.9 Å². The minimum Gasteiger partial charge on any atom is -0.368 e. The Morgan fingerprint density at radius 3 is 2.78 bits per heavy atom. The molecule has 1 unspecified atom stereocenters. The van der Waals surface area contributed by atoms with E-state index >= 15 is 0 Å². The lowest BCUT2D eigenvalue weighted by molar-refractivity contribution is 0.0962. The summed E-state index contributed by atoms with van der Waals surface area (Å²) in [4.78, 5) is 25.0. The third-order valence-corrected chi connectivity index (χ3v) is 5.13. The number of carbonyl (C=O) groups excluding carboxylic acids is 1. The van der Waals surface area contributed by atoms with E-state index in [0.717, 1.165) is 17.3 Å². The van der Waals surface area contributed by atoms with Crippen LogP contribution in [0.1, 0.15) is 39.6 Å². The van der Waals surface area contributed by atoms with Crippen molar-refractivity contribution in [3.8, 4) is 11.1 Å². The lowest BCUT2D eigenvalue weighted by Gasteiger charge is -2.26. The second-order valence-corrected chi connectivity index (χ2v) is 6.95. The monoisotopic (exact) mass is 382 g/mol. The Morgan fingerprint density at radius 1 is 1.19 bits per heavy atom. The normalized spacial score (nSPS) is 16.3. The van der Waals surface area contributed by atoms with Gasteiger partial charge >= 0.3 is 0 Å². The van der Waals surface area contributed by atoms with Crippen molar-refractivity contribution in [2.45, 2.75) is 25.7 Å². The Morgan fingerprint density at radius 2 is 1.96 bits per heavy atom. The number of anilines is 1. The number of benzene rings is 1. The number of fused-ring (bicyclic) bond motifs is 1. The van der Waals surface area contributed by atoms with Crippen LogP contribution in [0.25, 0.3) is 11.1 Å². The maximum Gasteiger partial charge on any atom is 0.220 e. The van der Waals surface area contributed by atoms with Crippen LogP contribution in [-0.4, -0.2) is 20.7 Å². The van der Waals surface area contributed by atoms with Gasteiger partial charge in [0, 0.05) is 12.0 Å². The first kappa shape index (κ1) is 17.5. The Balaban J connectivity index is 1.82. The third-order valence-electron chi connectivity index (χ3n) is 4.83. The summed E-state index contributed by atoms with van der Waals surface area (Å²) in [6.07, 6.45) is 1.95. The van der Waals surface area contributed by atoms with Gasteiger partial charge in [-0.25, -0.2) is 19.3 Å². The topological polar surface area (TPSA) is 81.8 Å². The van der Waals surface area contributed by atoms with Crippen molar-refractivity contribution in [3.63, 3.8) is 0 Å². The van der Waals surface area contributed by atoms with E-state index in [-0.39, 0.29) is 22.8 Å². The van der Waals surface area contributed by atoms with Gasteiger partial charge in [-0.3, -0.25) is 4.79 Å². The number of ketones is 1. The van der Waals surface area contributed by atoms with E-state index < -0.39 is 5.82 Å². The summed E-state index contributed by atoms with van der Waals surface area (Å²) >= 11 is 6.21. The van der Waals surface area contributed by atoms with Crippen LogP contribution in [0, 0.1) is 12.7 Å². The van der Waals surface area contributed by atoms with Gasteiger partial charge in [0.2, 0.25) is 5.95 Å². The Hall–Kier alpha value is -2.86. The van der Waals surface area contributed by atoms with Crippen molar-refractivity contribution in [1.29, 1.82) is 0 Å². The molecule has 0 spiro atoms. The molecular weight excluding hydrogens is 367 g/mol. The van der Waals surface area contributed by atoms with Gasteiger partial charge in [0.05, 0.1) is 23.1 Å². The molecule has 0 aliphatic heterocycles. The zero-order valence-corrected chi connectivity index (χ0v) is 15.3. The van der Waals surface area contributed by atoms with Crippen LogP contribution in [0.15, 0.2) is 36.5 Å². The average Bonchev–Trinajstić information content (AvgIpc) is 2.62. The first-order chi connectivity index (χ1) is 12.9. The molecule has 2 aromatic heterocycles. The fourth-order valence-corrected chi connectivity index (χ4v) is 3.93. The van der Waals surface area contributed by atoms with E-state index in [1.807, 2.05) is 24.3 Å². The number of hydrogen-bond donors (Lipinski definition) is 1. The molecule has 2 N–H and O–H groups in total. The smallest absolute Gasteiger partial charge is 0.220 e. The highest BCUT2D eigenvalue weighted by Gasteiger charge is 2.31. The van der Waals surface area contributed by atoms with E-state index in [0.29, 0.717) is 35.4 Å². The second-order valence-electron chi connectivity index (χ2n) is 6.60. The SMILES string of the molecule is Cc1nc(N)nc2c1C(=O)CC(c1ccccc1-c1cc(F)cnc1Cl)C2. The molecule has 0 saturated heterocycles. The fourth-order valence-electron chi connectivity index (χ4n) is 3.73. The molecule has 0 amide bonds. The number of nitrogens with zero attached hydrogens (tertiary/aromatic N) is 3. The van der Waals surface area contributed by atoms with Gasteiger partial charge in [0.25, 0.3) is 0 Å². The molecule has 27 heavy (non-hydrogen) atoms. The summed E-state index contributed by atoms with van der Waals surface area (Å²) in [5.41, 5.74) is 9.75. The average molecular weight is 383 g/mol. The van der Waals surface area contributed by atoms with Gasteiger partial charge in [0.1, 0.15) is 11.0 Å². The van der Waals surface area contributed by atoms with Gasteiger partial charge in [-0.05, 0) is 36.5 Å². The van der Waals surface area contributed by atoms with Crippen molar-refractivity contribution in [2.75, 3.05) is 5.73 Å². The van der Waals surface area contributed by atoms with Crippen LogP contribution in [0.2, 0.25) is 5.15 Å². The van der Waals surface area contributed by atoms with Crippen molar-refractivity contribution < 1.29 is 9.18 Å². The first-order valence-electron chi connectivity index (χ1n) is 8.50. The number of Topliss-reactive ketones (excluding diaryl/α,β-unsaturated/α-hetero) is 1. The minimum atomic E-state index is -0.467. The number of nitrogen functional groups attached to an aromatic ring is 1. The molecule has 1 aromatic carbocycles. The highest BCUT2D eigenvalue weighted by Crippen LogP contribution is 2.39. The van der Waals surface area contributed by atoms with Crippen molar-refractivity contribution in [2.24, 2.45) is 0 Å². The molecule has 2 heterocycles. The lowest BCUT2D eigenvalue weighted by atomic mass is 9.79. The zero-order valence-electron chi connectivity index (χ0n) is 14.5. The number of aryl methyl sites for hydroxylation is 1. The molecule has 7 heteroatoms. The second kappa shape index (κ2) is 6.70. The standard InChI is InChI=1S/C20H16ClFN4O/c1-10-18-16(26-20(23)25-10)6-11(7-17(18)27)13-4-2-3-5-14(13)15-8-12(22)9-24-19(15)21/h2-5,8-9,11H,6-7H2,1H3,(H2,23,25,26). The predicted molar refractivity (Wildman–Crippen MR) is 101 cm³/mol. The highest BCUT2D eigenvalue weighted by atomic mass is 35.5. The van der Waals surface area contributed by atoms with Gasteiger partial charge in [0.15, 0.2) is 5.78 Å². The molecule has 4 rings (SSSR count). The maximum absolute atomic E-state index is 13.7. The molecule has 1 aliphatic rings. The molecule has 1 aliphatic carbocycles. The fraction of sp³-hybridized carbons (Fsp3) is 0.200. The summed E-state index contributed by atoms with van der Waals surface area (Å²) < 4.78 is 13.7. The first-order valence-corrected chi connectivity index (χ1v) is 8.88. The largest absolute Gasteiger partial charge is 0.368 e. The Kier molecular flexibility index (Phi) is 4.36. The summed E-state index contributed by atoms with van der Waals surface area (Å²) in [6, 6.07) is 8.88. The molecule has 136 valence electrons. The van der Waals surface area contributed by atoms with Crippen molar-refractivity contribution in [3.05, 3.63) is 70.0 Å². The zero-order chi connectivity index (χ0) is 19.1. The number of aromatic nitrogens is 3. The molecule has 5 nitrogen and oxygen atoms in total. The quantitative estimate of drug-likeness (QED) is 0.674. The van der Waals surface area contributed by atoms with Crippen LogP contribution in [0.5, 0.6) is 0 Å². The predicted octanol–water partition coefficient (Wildman–Crippen LogP) is 4.13. The minimum absolute atomic E-state index is 0.0167. The van der Waals surface area contributed by atoms with E-state index in [2.05, 4.69) is 15.0 Å². The van der Waals surface area contributed by atoms with Gasteiger partial charge in [-0.2, -0.15) is 0 Å². The van der Waals surface area contributed by atoms with Crippen LogP contribution in [-0.2, 0) is 6.42 Å². The van der Waals surface area contributed by atoms with E-state index in [9.17, 15) is 9.18 Å². The van der Waals surface area contributed by atoms with E-state index in [1.165, 1.54) is 6.07 Å². The van der Waals surface area contributed by atoms with E-state index in [4.69, 9.17) is 17.3 Å². The lowest BCUT2D eigenvalue weighted by Crippen LogP contribution is -2.23. The number of carbonyl (C=O) groups is 1. The molecular formula is C20H16ClFN4O. The molecule has 3 aromatic rings. The third kappa shape index (κ3) is 3.17. The van der Waals surface area contributed by atoms with Crippen LogP contribution >= 0.6 is 11.6 Å². The summed E-state index contributed by atoms with van der Waals surface area (Å²) in [7, 11) is 0. The molecule has 0 saturated carbocycles. The molecule has 1 atom stereocenters. The number of hydrogen-bond acceptors (Lipinski definition) is 5. The summed E-state index contributed by atoms with van der Waals surface area (Å²) in [5.74, 6) is -0.443.